The van der Waals surface area contributed by atoms with Crippen LogP contribution in [0, 0.1) is 18.3 Å². The van der Waals surface area contributed by atoms with Gasteiger partial charge in [0.25, 0.3) is 0 Å². The second kappa shape index (κ2) is 3.69. The van der Waals surface area contributed by atoms with Crippen LogP contribution in [0.25, 0.3) is 0 Å². The third-order valence-electron chi connectivity index (χ3n) is 2.23. The Hall–Kier alpha value is -1.53. The van der Waals surface area contributed by atoms with E-state index in [-0.39, 0.29) is 6.10 Å². The Bertz CT molecular complexity index is 377. The summed E-state index contributed by atoms with van der Waals surface area (Å²) in [6, 6.07) is 7.62. The molecule has 1 saturated heterocycles. The van der Waals surface area contributed by atoms with Crippen molar-refractivity contribution in [3.8, 4) is 11.8 Å². The largest absolute Gasteiger partial charge is 0.490 e. The molecule has 3 nitrogen and oxygen atoms in total. The molecular formula is C11H11NO2. The summed E-state index contributed by atoms with van der Waals surface area (Å²) >= 11 is 0. The highest BCUT2D eigenvalue weighted by Crippen LogP contribution is 2.22. The van der Waals surface area contributed by atoms with E-state index in [0.717, 1.165) is 17.9 Å². The minimum absolute atomic E-state index is 0.250. The predicted molar refractivity (Wildman–Crippen MR) is 51.1 cm³/mol. The Kier molecular flexibility index (Phi) is 2.38. The van der Waals surface area contributed by atoms with Gasteiger partial charge in [-0.2, -0.15) is 5.26 Å². The standard InChI is InChI=1S/C11H11NO2/c1-8-9(5-12)3-2-4-11(8)14-7-10-6-13-10/h2-4,10H,6-7H2,1H3/t10-/m0/s1. The van der Waals surface area contributed by atoms with Crippen LogP contribution in [-0.2, 0) is 4.74 Å². The molecule has 1 aliphatic heterocycles. The number of ether oxygens (including phenoxy) is 2. The van der Waals surface area contributed by atoms with Gasteiger partial charge in [0, 0.05) is 5.56 Å². The number of rotatable bonds is 3. The Balaban J connectivity index is 2.11. The fraction of sp³-hybridized carbons (Fsp3) is 0.364. The summed E-state index contributed by atoms with van der Waals surface area (Å²) in [7, 11) is 0. The quantitative estimate of drug-likeness (QED) is 0.679. The normalized spacial score (nSPS) is 18.7. The van der Waals surface area contributed by atoms with Gasteiger partial charge >= 0.3 is 0 Å². The molecule has 0 saturated carbocycles. The minimum Gasteiger partial charge on any atom is -0.490 e. The molecular weight excluding hydrogens is 178 g/mol. The molecule has 1 aliphatic rings. The van der Waals surface area contributed by atoms with Crippen LogP contribution in [0.1, 0.15) is 11.1 Å². The first kappa shape index (κ1) is 9.04. The molecule has 1 heterocycles. The second-order valence-corrected chi connectivity index (χ2v) is 3.31. The van der Waals surface area contributed by atoms with Crippen molar-refractivity contribution in [1.29, 1.82) is 5.26 Å². The Morgan fingerprint density at radius 1 is 1.64 bits per heavy atom. The fourth-order valence-electron chi connectivity index (χ4n) is 1.24. The lowest BCUT2D eigenvalue weighted by molar-refractivity contribution is 0.261. The maximum Gasteiger partial charge on any atom is 0.123 e. The van der Waals surface area contributed by atoms with Crippen LogP contribution in [0.15, 0.2) is 18.2 Å². The SMILES string of the molecule is Cc1c(C#N)cccc1OC[C@@H]1CO1. The van der Waals surface area contributed by atoms with Crippen LogP contribution >= 0.6 is 0 Å². The zero-order valence-electron chi connectivity index (χ0n) is 7.99. The molecule has 0 spiro atoms. The average Bonchev–Trinajstić information content (AvgIpc) is 3.00. The first-order chi connectivity index (χ1) is 6.81. The highest BCUT2D eigenvalue weighted by atomic mass is 16.6. The molecule has 72 valence electrons. The van der Waals surface area contributed by atoms with Gasteiger partial charge in [0.1, 0.15) is 18.5 Å². The van der Waals surface area contributed by atoms with E-state index < -0.39 is 0 Å². The molecule has 0 unspecified atom stereocenters. The van der Waals surface area contributed by atoms with Gasteiger partial charge in [-0.3, -0.25) is 0 Å². The summed E-state index contributed by atoms with van der Waals surface area (Å²) in [5.41, 5.74) is 1.56. The molecule has 14 heavy (non-hydrogen) atoms. The maximum atomic E-state index is 8.80. The van der Waals surface area contributed by atoms with Crippen molar-refractivity contribution in [3.05, 3.63) is 29.3 Å². The van der Waals surface area contributed by atoms with Crippen LogP contribution in [0.4, 0.5) is 0 Å². The van der Waals surface area contributed by atoms with Gasteiger partial charge in [-0.1, -0.05) is 6.07 Å². The van der Waals surface area contributed by atoms with Crippen molar-refractivity contribution in [2.75, 3.05) is 13.2 Å². The van der Waals surface area contributed by atoms with E-state index in [9.17, 15) is 0 Å². The van der Waals surface area contributed by atoms with Crippen molar-refractivity contribution >= 4 is 0 Å². The minimum atomic E-state index is 0.250. The lowest BCUT2D eigenvalue weighted by Gasteiger charge is -2.07. The van der Waals surface area contributed by atoms with Crippen molar-refractivity contribution in [1.82, 2.24) is 0 Å². The van der Waals surface area contributed by atoms with Crippen molar-refractivity contribution < 1.29 is 9.47 Å². The third kappa shape index (κ3) is 1.86. The molecule has 0 aliphatic carbocycles. The zero-order valence-corrected chi connectivity index (χ0v) is 7.99. The topological polar surface area (TPSA) is 45.5 Å². The van der Waals surface area contributed by atoms with E-state index in [1.807, 2.05) is 19.1 Å². The molecule has 1 fully saturated rings. The third-order valence-corrected chi connectivity index (χ3v) is 2.23. The van der Waals surface area contributed by atoms with Gasteiger partial charge in [-0.05, 0) is 19.1 Å². The lowest BCUT2D eigenvalue weighted by Crippen LogP contribution is -2.05. The van der Waals surface area contributed by atoms with E-state index in [0.29, 0.717) is 12.2 Å². The number of nitriles is 1. The summed E-state index contributed by atoms with van der Waals surface area (Å²) in [6.07, 6.45) is 0.250. The summed E-state index contributed by atoms with van der Waals surface area (Å²) in [6.45, 7) is 3.26. The van der Waals surface area contributed by atoms with Crippen LogP contribution in [0.3, 0.4) is 0 Å². The first-order valence-corrected chi connectivity index (χ1v) is 4.55. The molecule has 0 aromatic heterocycles. The second-order valence-electron chi connectivity index (χ2n) is 3.31. The summed E-state index contributed by atoms with van der Waals surface area (Å²) in [5, 5.41) is 8.80. The van der Waals surface area contributed by atoms with Crippen molar-refractivity contribution in [3.63, 3.8) is 0 Å². The number of benzene rings is 1. The van der Waals surface area contributed by atoms with Crippen molar-refractivity contribution in [2.45, 2.75) is 13.0 Å². The van der Waals surface area contributed by atoms with Gasteiger partial charge < -0.3 is 9.47 Å². The molecule has 0 bridgehead atoms. The van der Waals surface area contributed by atoms with Gasteiger partial charge in [-0.15, -0.1) is 0 Å². The smallest absolute Gasteiger partial charge is 0.123 e. The van der Waals surface area contributed by atoms with E-state index in [2.05, 4.69) is 6.07 Å². The van der Waals surface area contributed by atoms with E-state index in [1.165, 1.54) is 0 Å². The Labute approximate surface area is 82.9 Å². The monoisotopic (exact) mass is 189 g/mol. The van der Waals surface area contributed by atoms with Gasteiger partial charge in [0.15, 0.2) is 0 Å². The van der Waals surface area contributed by atoms with Gasteiger partial charge in [0.05, 0.1) is 18.2 Å². The van der Waals surface area contributed by atoms with E-state index in [4.69, 9.17) is 14.7 Å². The van der Waals surface area contributed by atoms with Crippen LogP contribution in [-0.4, -0.2) is 19.3 Å². The van der Waals surface area contributed by atoms with Gasteiger partial charge in [-0.25, -0.2) is 0 Å². The Morgan fingerprint density at radius 2 is 2.43 bits per heavy atom. The molecule has 0 radical (unpaired) electrons. The van der Waals surface area contributed by atoms with Gasteiger partial charge in [0.2, 0.25) is 0 Å². The fourth-order valence-corrected chi connectivity index (χ4v) is 1.24. The van der Waals surface area contributed by atoms with E-state index in [1.54, 1.807) is 6.07 Å². The lowest BCUT2D eigenvalue weighted by atomic mass is 10.1. The number of epoxide rings is 1. The van der Waals surface area contributed by atoms with E-state index >= 15 is 0 Å². The maximum absolute atomic E-state index is 8.80. The summed E-state index contributed by atoms with van der Waals surface area (Å²) in [4.78, 5) is 0. The highest BCUT2D eigenvalue weighted by Gasteiger charge is 2.23. The predicted octanol–water partition coefficient (Wildman–Crippen LogP) is 1.64. The molecule has 1 aromatic carbocycles. The van der Waals surface area contributed by atoms with Crippen LogP contribution in [0.5, 0.6) is 5.75 Å². The Morgan fingerprint density at radius 3 is 3.07 bits per heavy atom. The number of hydrogen-bond donors (Lipinski definition) is 0. The molecule has 2 rings (SSSR count). The highest BCUT2D eigenvalue weighted by molar-refractivity contribution is 5.45. The summed E-state index contributed by atoms with van der Waals surface area (Å²) < 4.78 is 10.6. The number of nitrogens with zero attached hydrogens (tertiary/aromatic N) is 1. The molecule has 0 amide bonds. The molecule has 3 heteroatoms. The molecule has 0 N–H and O–H groups in total. The zero-order chi connectivity index (χ0) is 9.97. The first-order valence-electron chi connectivity index (χ1n) is 4.55. The summed E-state index contributed by atoms with van der Waals surface area (Å²) in [5.74, 6) is 0.777. The number of hydrogen-bond acceptors (Lipinski definition) is 3. The van der Waals surface area contributed by atoms with Crippen LogP contribution in [0.2, 0.25) is 0 Å². The molecule has 1 atom stereocenters. The average molecular weight is 189 g/mol. The molecule has 1 aromatic rings. The van der Waals surface area contributed by atoms with Crippen LogP contribution < -0.4 is 4.74 Å². The van der Waals surface area contributed by atoms with Crippen molar-refractivity contribution in [2.24, 2.45) is 0 Å².